The van der Waals surface area contributed by atoms with Gasteiger partial charge in [0.1, 0.15) is 23.6 Å². The lowest BCUT2D eigenvalue weighted by Crippen LogP contribution is -2.25. The number of pyridine rings is 3. The fraction of sp³-hybridized carbons (Fsp3) is 0.250. The smallest absolute Gasteiger partial charge is 0.138 e. The molecule has 0 aliphatic carbocycles. The summed E-state index contributed by atoms with van der Waals surface area (Å²) in [6, 6.07) is 11.9. The van der Waals surface area contributed by atoms with Crippen LogP contribution < -0.4 is 4.74 Å². The van der Waals surface area contributed by atoms with E-state index in [0.717, 1.165) is 57.0 Å². The Balaban J connectivity index is 1.28. The van der Waals surface area contributed by atoms with Crippen LogP contribution in [-0.2, 0) is 0 Å². The molecule has 1 saturated heterocycles. The van der Waals surface area contributed by atoms with Gasteiger partial charge in [0.05, 0.1) is 34.1 Å². The molecule has 1 aliphatic heterocycles. The van der Waals surface area contributed by atoms with E-state index in [1.165, 1.54) is 25.9 Å². The highest BCUT2D eigenvalue weighted by Gasteiger charge is 2.15. The molecule has 0 bridgehead atoms. The number of aromatic amines is 2. The Labute approximate surface area is 184 Å². The minimum Gasteiger partial charge on any atom is -0.491 e. The fourth-order valence-electron chi connectivity index (χ4n) is 4.27. The Morgan fingerprint density at radius 2 is 1.97 bits per heavy atom. The highest BCUT2D eigenvalue weighted by molar-refractivity contribution is 5.93. The second-order valence-corrected chi connectivity index (χ2v) is 8.09. The molecule has 0 amide bonds. The van der Waals surface area contributed by atoms with Crippen molar-refractivity contribution in [2.45, 2.75) is 12.8 Å². The third kappa shape index (κ3) is 3.58. The van der Waals surface area contributed by atoms with Gasteiger partial charge in [-0.15, -0.1) is 0 Å². The largest absolute Gasteiger partial charge is 0.491 e. The van der Waals surface area contributed by atoms with E-state index in [2.05, 4.69) is 30.0 Å². The average molecular weight is 425 g/mol. The first-order valence-corrected chi connectivity index (χ1v) is 10.9. The summed E-state index contributed by atoms with van der Waals surface area (Å²) in [5, 5.41) is 7.58. The quantitative estimate of drug-likeness (QED) is 0.426. The summed E-state index contributed by atoms with van der Waals surface area (Å²) >= 11 is 0. The molecule has 32 heavy (non-hydrogen) atoms. The van der Waals surface area contributed by atoms with Gasteiger partial charge in [-0.3, -0.25) is 20.0 Å². The number of nitrogens with one attached hydrogen (secondary N) is 2. The van der Waals surface area contributed by atoms with E-state index in [-0.39, 0.29) is 0 Å². The molecule has 0 radical (unpaired) electrons. The van der Waals surface area contributed by atoms with Crippen molar-refractivity contribution < 1.29 is 4.74 Å². The molecule has 0 aromatic carbocycles. The Kier molecular flexibility index (Phi) is 4.77. The SMILES string of the molecule is c1cnc2cc(-c3n[nH]c4ccc(-c5cncc(OCCN6CCCC6)c5)nc34)[nH]c2c1. The molecule has 160 valence electrons. The second-order valence-electron chi connectivity index (χ2n) is 8.09. The van der Waals surface area contributed by atoms with E-state index in [0.29, 0.717) is 6.61 Å². The van der Waals surface area contributed by atoms with E-state index in [9.17, 15) is 0 Å². The minimum absolute atomic E-state index is 0.665. The van der Waals surface area contributed by atoms with Gasteiger partial charge < -0.3 is 9.72 Å². The van der Waals surface area contributed by atoms with Crippen molar-refractivity contribution in [3.63, 3.8) is 0 Å². The number of rotatable bonds is 6. The van der Waals surface area contributed by atoms with Crippen LogP contribution in [0.3, 0.4) is 0 Å². The van der Waals surface area contributed by atoms with Crippen molar-refractivity contribution in [2.24, 2.45) is 0 Å². The molecular weight excluding hydrogens is 402 g/mol. The van der Waals surface area contributed by atoms with Crippen molar-refractivity contribution in [3.8, 4) is 28.4 Å². The molecule has 6 rings (SSSR count). The number of ether oxygens (including phenoxy) is 1. The van der Waals surface area contributed by atoms with Crippen LogP contribution in [-0.4, -0.2) is 61.3 Å². The summed E-state index contributed by atoms with van der Waals surface area (Å²) in [7, 11) is 0. The maximum Gasteiger partial charge on any atom is 0.138 e. The molecular formula is C24H23N7O. The third-order valence-corrected chi connectivity index (χ3v) is 5.94. The zero-order valence-corrected chi connectivity index (χ0v) is 17.6. The number of nitrogens with zero attached hydrogens (tertiary/aromatic N) is 5. The van der Waals surface area contributed by atoms with Crippen molar-refractivity contribution in [1.82, 2.24) is 35.0 Å². The van der Waals surface area contributed by atoms with Gasteiger partial charge in [-0.1, -0.05) is 0 Å². The van der Waals surface area contributed by atoms with Gasteiger partial charge >= 0.3 is 0 Å². The van der Waals surface area contributed by atoms with Crippen LogP contribution in [0.25, 0.3) is 44.7 Å². The summed E-state index contributed by atoms with van der Waals surface area (Å²) in [4.78, 5) is 19.5. The molecule has 0 spiro atoms. The lowest BCUT2D eigenvalue weighted by molar-refractivity contribution is 0.237. The third-order valence-electron chi connectivity index (χ3n) is 5.94. The van der Waals surface area contributed by atoms with Gasteiger partial charge in [0, 0.05) is 24.5 Å². The summed E-state index contributed by atoms with van der Waals surface area (Å²) in [6.07, 6.45) is 7.93. The van der Waals surface area contributed by atoms with Crippen LogP contribution >= 0.6 is 0 Å². The summed E-state index contributed by atoms with van der Waals surface area (Å²) in [5.74, 6) is 0.762. The molecule has 2 N–H and O–H groups in total. The Morgan fingerprint density at radius 1 is 1.03 bits per heavy atom. The molecule has 0 unspecified atom stereocenters. The van der Waals surface area contributed by atoms with Crippen molar-refractivity contribution in [1.29, 1.82) is 0 Å². The molecule has 1 fully saturated rings. The summed E-state index contributed by atoms with van der Waals surface area (Å²) < 4.78 is 5.97. The van der Waals surface area contributed by atoms with Crippen LogP contribution in [0, 0.1) is 0 Å². The monoisotopic (exact) mass is 425 g/mol. The number of aromatic nitrogens is 6. The first kappa shape index (κ1) is 18.9. The topological polar surface area (TPSA) is 95.6 Å². The Hall–Kier alpha value is -3.78. The zero-order valence-electron chi connectivity index (χ0n) is 17.6. The molecule has 6 heterocycles. The Bertz CT molecular complexity index is 1350. The first-order valence-electron chi connectivity index (χ1n) is 10.9. The molecule has 8 nitrogen and oxygen atoms in total. The van der Waals surface area contributed by atoms with E-state index < -0.39 is 0 Å². The van der Waals surface area contributed by atoms with Gasteiger partial charge in [0.25, 0.3) is 0 Å². The average Bonchev–Trinajstić information content (AvgIpc) is 3.58. The highest BCUT2D eigenvalue weighted by atomic mass is 16.5. The lowest BCUT2D eigenvalue weighted by Gasteiger charge is -2.15. The Morgan fingerprint density at radius 3 is 2.88 bits per heavy atom. The van der Waals surface area contributed by atoms with E-state index in [4.69, 9.17) is 9.72 Å². The summed E-state index contributed by atoms with van der Waals surface area (Å²) in [5.41, 5.74) is 6.94. The molecule has 5 aromatic heterocycles. The van der Waals surface area contributed by atoms with Gasteiger partial charge in [-0.2, -0.15) is 5.10 Å². The lowest BCUT2D eigenvalue weighted by atomic mass is 10.1. The van der Waals surface area contributed by atoms with Gasteiger partial charge in [-0.05, 0) is 62.3 Å². The zero-order chi connectivity index (χ0) is 21.3. The van der Waals surface area contributed by atoms with Crippen LogP contribution in [0.4, 0.5) is 0 Å². The number of likely N-dealkylation sites (tertiary alicyclic amines) is 1. The number of fused-ring (bicyclic) bond motifs is 2. The molecule has 0 saturated carbocycles. The maximum atomic E-state index is 5.97. The van der Waals surface area contributed by atoms with Gasteiger partial charge in [0.2, 0.25) is 0 Å². The number of H-pyrrole nitrogens is 2. The normalized spacial score (nSPS) is 14.5. The van der Waals surface area contributed by atoms with Crippen LogP contribution in [0.1, 0.15) is 12.8 Å². The second kappa shape index (κ2) is 8.05. The van der Waals surface area contributed by atoms with E-state index in [1.54, 1.807) is 12.4 Å². The van der Waals surface area contributed by atoms with Gasteiger partial charge in [-0.25, -0.2) is 4.98 Å². The van der Waals surface area contributed by atoms with E-state index >= 15 is 0 Å². The highest BCUT2D eigenvalue weighted by Crippen LogP contribution is 2.29. The maximum absolute atomic E-state index is 5.97. The van der Waals surface area contributed by atoms with Crippen LogP contribution in [0.15, 0.2) is 55.0 Å². The van der Waals surface area contributed by atoms with E-state index in [1.807, 2.05) is 42.6 Å². The van der Waals surface area contributed by atoms with Crippen LogP contribution in [0.2, 0.25) is 0 Å². The fourth-order valence-corrected chi connectivity index (χ4v) is 4.27. The first-order chi connectivity index (χ1) is 15.8. The van der Waals surface area contributed by atoms with Crippen LogP contribution in [0.5, 0.6) is 5.75 Å². The van der Waals surface area contributed by atoms with Crippen molar-refractivity contribution in [2.75, 3.05) is 26.2 Å². The van der Waals surface area contributed by atoms with Crippen molar-refractivity contribution >= 4 is 22.1 Å². The molecule has 8 heteroatoms. The molecule has 5 aromatic rings. The number of hydrogen-bond donors (Lipinski definition) is 2. The number of hydrogen-bond acceptors (Lipinski definition) is 6. The predicted molar refractivity (Wildman–Crippen MR) is 123 cm³/mol. The summed E-state index contributed by atoms with van der Waals surface area (Å²) in [6.45, 7) is 3.96. The predicted octanol–water partition coefficient (Wildman–Crippen LogP) is 4.04. The molecule has 1 aliphatic rings. The van der Waals surface area contributed by atoms with Gasteiger partial charge in [0.15, 0.2) is 0 Å². The molecule has 0 atom stereocenters. The standard InChI is InChI=1S/C24H23N7O/c1-2-9-31(8-1)10-11-32-17-12-16(14-25-15-17)18-5-6-20-23(28-18)24(30-29-20)22-13-21-19(27-22)4-3-7-26-21/h3-7,12-15,27H,1-2,8-11H2,(H,29,30). The van der Waals surface area contributed by atoms with Crippen molar-refractivity contribution in [3.05, 3.63) is 55.0 Å². The minimum atomic E-state index is 0.665.